The van der Waals surface area contributed by atoms with E-state index in [1.165, 1.54) is 4.09 Å². The number of nitrogens with zero attached hydrogens (tertiary/aromatic N) is 2. The van der Waals surface area contributed by atoms with Crippen LogP contribution < -0.4 is 0 Å². The summed E-state index contributed by atoms with van der Waals surface area (Å²) in [5.41, 5.74) is 0.772. The monoisotopic (exact) mass is 290 g/mol. The molecule has 5 nitrogen and oxygen atoms in total. The normalized spacial score (nSPS) is 11.8. The van der Waals surface area contributed by atoms with Gasteiger partial charge in [0.25, 0.3) is 0 Å². The van der Waals surface area contributed by atoms with E-state index in [9.17, 15) is 0 Å². The molecule has 1 aromatic rings. The van der Waals surface area contributed by atoms with Crippen molar-refractivity contribution in [2.75, 3.05) is 21.3 Å². The maximum atomic E-state index is 6.00. The molecule has 0 aliphatic rings. The van der Waals surface area contributed by atoms with Gasteiger partial charge in [0, 0.05) is 51.8 Å². The number of imidazole rings is 1. The lowest BCUT2D eigenvalue weighted by atomic mass is 10.3. The first kappa shape index (κ1) is 15.4. The van der Waals surface area contributed by atoms with E-state index < -0.39 is 8.80 Å². The number of hydrogen-bond acceptors (Lipinski definition) is 4. The molecular weight excluding hydrogens is 272 g/mol. The number of halogens is 1. The van der Waals surface area contributed by atoms with Crippen LogP contribution in [0.3, 0.4) is 0 Å². The van der Waals surface area contributed by atoms with Crippen molar-refractivity contribution in [1.29, 1.82) is 0 Å². The molecule has 0 fully saturated rings. The Bertz CT molecular complexity index is 385. The summed E-state index contributed by atoms with van der Waals surface area (Å²) in [6.07, 6.45) is 4.97. The highest BCUT2D eigenvalue weighted by Gasteiger charge is 2.36. The third-order valence-corrected chi connectivity index (χ3v) is 5.90. The van der Waals surface area contributed by atoms with Crippen molar-refractivity contribution in [3.05, 3.63) is 24.3 Å². The van der Waals surface area contributed by atoms with E-state index in [4.69, 9.17) is 25.1 Å². The van der Waals surface area contributed by atoms with Crippen molar-refractivity contribution < 1.29 is 13.3 Å². The Morgan fingerprint density at radius 1 is 1.39 bits per heavy atom. The third-order valence-electron chi connectivity index (χ3n) is 2.78. The lowest BCUT2D eigenvalue weighted by Crippen LogP contribution is -2.42. The zero-order valence-electron chi connectivity index (χ0n) is 11.0. The van der Waals surface area contributed by atoms with Crippen molar-refractivity contribution in [2.24, 2.45) is 0 Å². The largest absolute Gasteiger partial charge is 0.500 e. The van der Waals surface area contributed by atoms with E-state index >= 15 is 0 Å². The molecule has 0 aliphatic heterocycles. The molecule has 0 saturated carbocycles. The van der Waals surface area contributed by atoms with E-state index in [0.717, 1.165) is 30.4 Å². The van der Waals surface area contributed by atoms with E-state index in [1.54, 1.807) is 33.6 Å². The Balaban J connectivity index is 2.54. The maximum Gasteiger partial charge on any atom is 0.500 e. The van der Waals surface area contributed by atoms with Crippen LogP contribution in [0.4, 0.5) is 0 Å². The minimum atomic E-state index is -2.49. The van der Waals surface area contributed by atoms with Gasteiger partial charge in [0.05, 0.1) is 5.69 Å². The highest BCUT2D eigenvalue weighted by Crippen LogP contribution is 2.17. The Hall–Kier alpha value is -0.663. The van der Waals surface area contributed by atoms with Crippen molar-refractivity contribution in [1.82, 2.24) is 9.07 Å². The van der Waals surface area contributed by atoms with E-state index in [-0.39, 0.29) is 0 Å². The van der Waals surface area contributed by atoms with Crippen molar-refractivity contribution in [2.45, 2.75) is 18.9 Å². The SMILES string of the molecule is C=Cc1cn(Cl)c(CCC[Si](OC)(OC)OC)n1. The van der Waals surface area contributed by atoms with Crippen LogP contribution in [0.2, 0.25) is 6.04 Å². The molecule has 0 saturated heterocycles. The fourth-order valence-electron chi connectivity index (χ4n) is 1.70. The Morgan fingerprint density at radius 3 is 2.44 bits per heavy atom. The Labute approximate surface area is 114 Å². The molecule has 1 heterocycles. The first-order valence-electron chi connectivity index (χ1n) is 5.63. The molecule has 0 bridgehead atoms. The molecule has 7 heteroatoms. The van der Waals surface area contributed by atoms with Crippen LogP contribution in [0.1, 0.15) is 17.9 Å². The minimum absolute atomic E-state index is 0.726. The van der Waals surface area contributed by atoms with E-state index in [0.29, 0.717) is 0 Å². The molecule has 1 rings (SSSR count). The van der Waals surface area contributed by atoms with Gasteiger partial charge in [-0.3, -0.25) is 0 Å². The highest BCUT2D eigenvalue weighted by atomic mass is 35.5. The van der Waals surface area contributed by atoms with Gasteiger partial charge in [0.2, 0.25) is 0 Å². The van der Waals surface area contributed by atoms with Crippen LogP contribution in [0, 0.1) is 0 Å². The molecule has 102 valence electrons. The third kappa shape index (κ3) is 3.66. The summed E-state index contributed by atoms with van der Waals surface area (Å²) in [4.78, 5) is 4.33. The molecule has 18 heavy (non-hydrogen) atoms. The standard InChI is InChI=1S/C11H19ClN2O3Si/c1-5-10-9-14(12)11(13-10)7-6-8-18(15-2,16-3)17-4/h5,9H,1,6-8H2,2-4H3. The fourth-order valence-corrected chi connectivity index (χ4v) is 3.64. The molecule has 0 unspecified atom stereocenters. The van der Waals surface area contributed by atoms with Crippen LogP contribution in [-0.4, -0.2) is 39.2 Å². The Morgan fingerprint density at radius 2 is 2.00 bits per heavy atom. The van der Waals surface area contributed by atoms with E-state index in [2.05, 4.69) is 11.6 Å². The predicted molar refractivity (Wildman–Crippen MR) is 73.5 cm³/mol. The van der Waals surface area contributed by atoms with E-state index in [1.807, 2.05) is 0 Å². The average Bonchev–Trinajstić information content (AvgIpc) is 2.76. The second-order valence-corrected chi connectivity index (χ2v) is 7.20. The number of aryl methyl sites for hydroxylation is 1. The lowest BCUT2D eigenvalue weighted by Gasteiger charge is -2.24. The summed E-state index contributed by atoms with van der Waals surface area (Å²) >= 11 is 6.00. The van der Waals surface area contributed by atoms with Crippen molar-refractivity contribution >= 4 is 26.7 Å². The number of rotatable bonds is 8. The quantitative estimate of drug-likeness (QED) is 0.690. The summed E-state index contributed by atoms with van der Waals surface area (Å²) in [6, 6.07) is 0.726. The maximum absolute atomic E-state index is 6.00. The van der Waals surface area contributed by atoms with Crippen LogP contribution in [0.5, 0.6) is 0 Å². The van der Waals surface area contributed by atoms with Crippen molar-refractivity contribution in [3.8, 4) is 0 Å². The van der Waals surface area contributed by atoms with Crippen LogP contribution in [0.15, 0.2) is 12.8 Å². The zero-order chi connectivity index (χ0) is 13.6. The molecule has 0 spiro atoms. The second kappa shape index (κ2) is 7.06. The van der Waals surface area contributed by atoms with Crippen molar-refractivity contribution in [3.63, 3.8) is 0 Å². The van der Waals surface area contributed by atoms with Crippen LogP contribution in [0.25, 0.3) is 6.08 Å². The predicted octanol–water partition coefficient (Wildman–Crippen LogP) is 2.34. The first-order chi connectivity index (χ1) is 8.60. The lowest BCUT2D eigenvalue weighted by molar-refractivity contribution is 0.123. The van der Waals surface area contributed by atoms with Gasteiger partial charge in [0.15, 0.2) is 0 Å². The number of aromatic nitrogens is 2. The number of hydrogen-bond donors (Lipinski definition) is 0. The van der Waals surface area contributed by atoms with Crippen LogP contribution >= 0.6 is 11.8 Å². The van der Waals surface area contributed by atoms with Gasteiger partial charge in [-0.15, -0.1) is 0 Å². The summed E-state index contributed by atoms with van der Waals surface area (Å²) < 4.78 is 17.5. The Kier molecular flexibility index (Phi) is 6.03. The van der Waals surface area contributed by atoms with Gasteiger partial charge < -0.3 is 13.3 Å². The second-order valence-electron chi connectivity index (χ2n) is 3.75. The first-order valence-corrected chi connectivity index (χ1v) is 7.90. The molecule has 0 amide bonds. The molecule has 0 aromatic carbocycles. The smallest absolute Gasteiger partial charge is 0.377 e. The molecule has 1 aromatic heterocycles. The summed E-state index contributed by atoms with van der Waals surface area (Å²) in [5, 5.41) is 0. The van der Waals surface area contributed by atoms with Gasteiger partial charge in [-0.25, -0.2) is 9.07 Å². The zero-order valence-corrected chi connectivity index (χ0v) is 12.7. The summed E-state index contributed by atoms with van der Waals surface area (Å²) in [7, 11) is 2.34. The molecular formula is C11H19ClN2O3Si. The topological polar surface area (TPSA) is 45.5 Å². The molecule has 0 aliphatic carbocycles. The minimum Gasteiger partial charge on any atom is -0.377 e. The van der Waals surface area contributed by atoms with Gasteiger partial charge in [0.1, 0.15) is 5.82 Å². The molecule has 0 atom stereocenters. The molecule has 0 N–H and O–H groups in total. The fraction of sp³-hybridized carbons (Fsp3) is 0.545. The summed E-state index contributed by atoms with van der Waals surface area (Å²) in [6.45, 7) is 3.66. The van der Waals surface area contributed by atoms with Gasteiger partial charge >= 0.3 is 8.80 Å². The summed E-state index contributed by atoms with van der Waals surface area (Å²) in [5.74, 6) is 0.803. The highest BCUT2D eigenvalue weighted by molar-refractivity contribution is 6.60. The van der Waals surface area contributed by atoms with Gasteiger partial charge in [-0.2, -0.15) is 0 Å². The molecule has 0 radical (unpaired) electrons. The average molecular weight is 291 g/mol. The van der Waals surface area contributed by atoms with Gasteiger partial charge in [-0.1, -0.05) is 6.58 Å². The van der Waals surface area contributed by atoms with Gasteiger partial charge in [-0.05, 0) is 12.5 Å². The van der Waals surface area contributed by atoms with Crippen LogP contribution in [-0.2, 0) is 19.7 Å².